The highest BCUT2D eigenvalue weighted by atomic mass is 32.1. The van der Waals surface area contributed by atoms with Crippen molar-refractivity contribution in [3.8, 4) is 0 Å². The number of thiophene rings is 1. The molecule has 0 aliphatic carbocycles. The zero-order chi connectivity index (χ0) is 12.1. The normalized spacial score (nSPS) is 9.81. The quantitative estimate of drug-likeness (QED) is 0.798. The standard InChI is InChI=1S/C12H16N2OS/c1-4-6-14(7-5-2)12(15)11-8-10(13)9(3)16-11/h4-5,8H,1-2,6-7,13H2,3H3. The van der Waals surface area contributed by atoms with E-state index in [0.717, 1.165) is 4.88 Å². The van der Waals surface area contributed by atoms with Crippen LogP contribution in [0.15, 0.2) is 31.4 Å². The van der Waals surface area contributed by atoms with Crippen molar-refractivity contribution < 1.29 is 4.79 Å². The lowest BCUT2D eigenvalue weighted by Crippen LogP contribution is -2.30. The van der Waals surface area contributed by atoms with Gasteiger partial charge in [0.1, 0.15) is 0 Å². The monoisotopic (exact) mass is 236 g/mol. The molecule has 0 fully saturated rings. The second-order valence-electron chi connectivity index (χ2n) is 3.41. The molecule has 0 saturated heterocycles. The van der Waals surface area contributed by atoms with Crippen molar-refractivity contribution in [2.24, 2.45) is 0 Å². The van der Waals surface area contributed by atoms with E-state index in [4.69, 9.17) is 5.73 Å². The van der Waals surface area contributed by atoms with Crippen LogP contribution in [0.5, 0.6) is 0 Å². The Hall–Kier alpha value is -1.55. The molecular weight excluding hydrogens is 220 g/mol. The van der Waals surface area contributed by atoms with E-state index in [2.05, 4.69) is 13.2 Å². The minimum absolute atomic E-state index is 0.0235. The lowest BCUT2D eigenvalue weighted by atomic mass is 10.3. The van der Waals surface area contributed by atoms with Crippen LogP contribution in [0.2, 0.25) is 0 Å². The number of carbonyl (C=O) groups is 1. The van der Waals surface area contributed by atoms with E-state index in [1.807, 2.05) is 6.92 Å². The smallest absolute Gasteiger partial charge is 0.264 e. The lowest BCUT2D eigenvalue weighted by Gasteiger charge is -2.17. The van der Waals surface area contributed by atoms with Gasteiger partial charge in [0.25, 0.3) is 5.91 Å². The van der Waals surface area contributed by atoms with Crippen molar-refractivity contribution in [3.05, 3.63) is 41.1 Å². The molecule has 0 spiro atoms. The van der Waals surface area contributed by atoms with E-state index in [-0.39, 0.29) is 5.91 Å². The number of rotatable bonds is 5. The Balaban J connectivity index is 2.88. The van der Waals surface area contributed by atoms with Gasteiger partial charge >= 0.3 is 0 Å². The fraction of sp³-hybridized carbons (Fsp3) is 0.250. The number of aryl methyl sites for hydroxylation is 1. The van der Waals surface area contributed by atoms with Gasteiger partial charge in [-0.2, -0.15) is 0 Å². The Bertz CT molecular complexity index is 380. The van der Waals surface area contributed by atoms with Gasteiger partial charge in [-0.3, -0.25) is 4.79 Å². The first-order chi connectivity index (χ1) is 7.60. The van der Waals surface area contributed by atoms with E-state index < -0.39 is 0 Å². The number of amides is 1. The van der Waals surface area contributed by atoms with E-state index in [0.29, 0.717) is 23.7 Å². The van der Waals surface area contributed by atoms with Crippen molar-refractivity contribution in [1.29, 1.82) is 0 Å². The summed E-state index contributed by atoms with van der Waals surface area (Å²) in [7, 11) is 0. The minimum Gasteiger partial charge on any atom is -0.398 e. The van der Waals surface area contributed by atoms with Crippen LogP contribution in [-0.4, -0.2) is 23.9 Å². The molecule has 0 bridgehead atoms. The number of nitrogens with zero attached hydrogens (tertiary/aromatic N) is 1. The van der Waals surface area contributed by atoms with E-state index >= 15 is 0 Å². The molecule has 2 N–H and O–H groups in total. The third kappa shape index (κ3) is 2.73. The highest BCUT2D eigenvalue weighted by molar-refractivity contribution is 7.14. The third-order valence-electron chi connectivity index (χ3n) is 2.15. The molecule has 1 aromatic rings. The van der Waals surface area contributed by atoms with Crippen molar-refractivity contribution in [2.45, 2.75) is 6.92 Å². The average Bonchev–Trinajstić information content (AvgIpc) is 2.58. The van der Waals surface area contributed by atoms with Crippen LogP contribution in [0.25, 0.3) is 0 Å². The van der Waals surface area contributed by atoms with Crippen LogP contribution in [-0.2, 0) is 0 Å². The molecule has 0 aromatic carbocycles. The minimum atomic E-state index is -0.0235. The average molecular weight is 236 g/mol. The number of anilines is 1. The van der Waals surface area contributed by atoms with E-state index in [1.165, 1.54) is 11.3 Å². The fourth-order valence-corrected chi connectivity index (χ4v) is 2.22. The summed E-state index contributed by atoms with van der Waals surface area (Å²) in [4.78, 5) is 15.4. The topological polar surface area (TPSA) is 46.3 Å². The van der Waals surface area contributed by atoms with Crippen LogP contribution in [0.1, 0.15) is 14.5 Å². The number of hydrogen-bond acceptors (Lipinski definition) is 3. The molecule has 0 unspecified atom stereocenters. The van der Waals surface area contributed by atoms with Crippen molar-refractivity contribution in [2.75, 3.05) is 18.8 Å². The number of hydrogen-bond donors (Lipinski definition) is 1. The van der Waals surface area contributed by atoms with Crippen LogP contribution in [0.3, 0.4) is 0 Å². The van der Waals surface area contributed by atoms with Gasteiger partial charge < -0.3 is 10.6 Å². The molecule has 0 aliphatic rings. The molecule has 0 aliphatic heterocycles. The second kappa shape index (κ2) is 5.51. The zero-order valence-corrected chi connectivity index (χ0v) is 10.2. The maximum atomic E-state index is 12.1. The van der Waals surface area contributed by atoms with Gasteiger partial charge in [0.2, 0.25) is 0 Å². The molecule has 3 nitrogen and oxygen atoms in total. The Morgan fingerprint density at radius 3 is 2.44 bits per heavy atom. The van der Waals surface area contributed by atoms with Crippen LogP contribution >= 0.6 is 11.3 Å². The first-order valence-electron chi connectivity index (χ1n) is 4.97. The Morgan fingerprint density at radius 1 is 1.50 bits per heavy atom. The van der Waals surface area contributed by atoms with Crippen LogP contribution in [0.4, 0.5) is 5.69 Å². The summed E-state index contributed by atoms with van der Waals surface area (Å²) in [6.45, 7) is 10.2. The van der Waals surface area contributed by atoms with Crippen molar-refractivity contribution in [1.82, 2.24) is 4.90 Å². The number of nitrogen functional groups attached to an aromatic ring is 1. The summed E-state index contributed by atoms with van der Waals surface area (Å²) in [5, 5.41) is 0. The van der Waals surface area contributed by atoms with Gasteiger partial charge in [-0.1, -0.05) is 12.2 Å². The summed E-state index contributed by atoms with van der Waals surface area (Å²) in [6, 6.07) is 1.72. The van der Waals surface area contributed by atoms with E-state index in [1.54, 1.807) is 23.1 Å². The van der Waals surface area contributed by atoms with Gasteiger partial charge in [-0.15, -0.1) is 24.5 Å². The predicted molar refractivity (Wildman–Crippen MR) is 69.8 cm³/mol. The molecule has 1 heterocycles. The Morgan fingerprint density at radius 2 is 2.06 bits per heavy atom. The first kappa shape index (κ1) is 12.5. The van der Waals surface area contributed by atoms with Gasteiger partial charge in [0.05, 0.1) is 4.88 Å². The largest absolute Gasteiger partial charge is 0.398 e. The highest BCUT2D eigenvalue weighted by Gasteiger charge is 2.16. The Labute approximate surface area is 99.9 Å². The molecule has 86 valence electrons. The van der Waals surface area contributed by atoms with Gasteiger partial charge in [0, 0.05) is 23.7 Å². The summed E-state index contributed by atoms with van der Waals surface area (Å²) in [6.07, 6.45) is 3.40. The molecule has 1 amide bonds. The lowest BCUT2D eigenvalue weighted by molar-refractivity contribution is 0.0795. The predicted octanol–water partition coefficient (Wildman–Crippen LogP) is 2.45. The maximum absolute atomic E-state index is 12.1. The van der Waals surface area contributed by atoms with Crippen LogP contribution in [0, 0.1) is 6.92 Å². The van der Waals surface area contributed by atoms with Gasteiger partial charge in [0.15, 0.2) is 0 Å². The van der Waals surface area contributed by atoms with Crippen molar-refractivity contribution in [3.63, 3.8) is 0 Å². The van der Waals surface area contributed by atoms with Crippen LogP contribution < -0.4 is 5.73 Å². The molecular formula is C12H16N2OS. The summed E-state index contributed by atoms with van der Waals surface area (Å²) in [5.74, 6) is -0.0235. The summed E-state index contributed by atoms with van der Waals surface area (Å²) >= 11 is 1.42. The van der Waals surface area contributed by atoms with Gasteiger partial charge in [-0.05, 0) is 13.0 Å². The molecule has 0 radical (unpaired) electrons. The fourth-order valence-electron chi connectivity index (χ4n) is 1.31. The Kier molecular flexibility index (Phi) is 4.31. The van der Waals surface area contributed by atoms with E-state index in [9.17, 15) is 4.79 Å². The number of nitrogens with two attached hydrogens (primary N) is 1. The maximum Gasteiger partial charge on any atom is 0.264 e. The van der Waals surface area contributed by atoms with Gasteiger partial charge in [-0.25, -0.2) is 0 Å². The highest BCUT2D eigenvalue weighted by Crippen LogP contribution is 2.24. The van der Waals surface area contributed by atoms with Crippen molar-refractivity contribution >= 4 is 22.9 Å². The SMILES string of the molecule is C=CCN(CC=C)C(=O)c1cc(N)c(C)s1. The molecule has 16 heavy (non-hydrogen) atoms. The number of carbonyl (C=O) groups excluding carboxylic acids is 1. The molecule has 1 rings (SSSR count). The summed E-state index contributed by atoms with van der Waals surface area (Å²) in [5.41, 5.74) is 6.40. The third-order valence-corrected chi connectivity index (χ3v) is 3.21. The first-order valence-corrected chi connectivity index (χ1v) is 5.78. The molecule has 0 atom stereocenters. The second-order valence-corrected chi connectivity index (χ2v) is 4.67. The zero-order valence-electron chi connectivity index (χ0n) is 9.40. The molecule has 0 saturated carbocycles. The molecule has 1 aromatic heterocycles. The molecule has 4 heteroatoms. The summed E-state index contributed by atoms with van der Waals surface area (Å²) < 4.78 is 0.